The summed E-state index contributed by atoms with van der Waals surface area (Å²) in [4.78, 5) is 46.2. The number of carbonyl (C=O) groups is 4. The molecule has 0 bridgehead atoms. The van der Waals surface area contributed by atoms with Gasteiger partial charge in [-0.1, -0.05) is 13.3 Å². The maximum absolute atomic E-state index is 11.9. The predicted octanol–water partition coefficient (Wildman–Crippen LogP) is -0.605. The van der Waals surface area contributed by atoms with Crippen LogP contribution in [0, 0.1) is 0 Å². The second kappa shape index (κ2) is 9.60. The molecule has 1 aliphatic heterocycles. The Morgan fingerprint density at radius 1 is 1.09 bits per heavy atom. The van der Waals surface area contributed by atoms with Crippen molar-refractivity contribution in [2.75, 3.05) is 13.2 Å². The Labute approximate surface area is 135 Å². The van der Waals surface area contributed by atoms with E-state index in [1.54, 1.807) is 6.92 Å². The first-order valence-corrected chi connectivity index (χ1v) is 7.71. The second-order valence-electron chi connectivity index (χ2n) is 5.08. The molecule has 8 nitrogen and oxygen atoms in total. The van der Waals surface area contributed by atoms with Crippen molar-refractivity contribution in [3.8, 4) is 0 Å². The van der Waals surface area contributed by atoms with Gasteiger partial charge in [-0.25, -0.2) is 4.79 Å². The van der Waals surface area contributed by atoms with Crippen LogP contribution in [0.3, 0.4) is 0 Å². The molecule has 23 heavy (non-hydrogen) atoms. The van der Waals surface area contributed by atoms with E-state index in [-0.39, 0.29) is 31.4 Å². The summed E-state index contributed by atoms with van der Waals surface area (Å²) in [5.41, 5.74) is 0. The molecule has 2 atom stereocenters. The van der Waals surface area contributed by atoms with E-state index < -0.39 is 24.0 Å². The van der Waals surface area contributed by atoms with Crippen molar-refractivity contribution >= 4 is 23.7 Å². The van der Waals surface area contributed by atoms with E-state index in [0.29, 0.717) is 6.42 Å². The van der Waals surface area contributed by atoms with Gasteiger partial charge in [0, 0.05) is 18.7 Å². The normalized spacial score (nSPS) is 20.8. The molecule has 0 aromatic carbocycles. The van der Waals surface area contributed by atoms with Crippen molar-refractivity contribution in [1.82, 2.24) is 16.0 Å². The highest BCUT2D eigenvalue weighted by Crippen LogP contribution is 2.05. The molecule has 8 heteroatoms. The number of hydrogen-bond donors (Lipinski definition) is 3. The van der Waals surface area contributed by atoms with Crippen molar-refractivity contribution in [3.63, 3.8) is 0 Å². The third-order valence-electron chi connectivity index (χ3n) is 3.23. The van der Waals surface area contributed by atoms with Gasteiger partial charge in [-0.2, -0.15) is 0 Å². The first kappa shape index (κ1) is 18.7. The third kappa shape index (κ3) is 6.50. The second-order valence-corrected chi connectivity index (χ2v) is 5.08. The fourth-order valence-electron chi connectivity index (χ4n) is 2.10. The summed E-state index contributed by atoms with van der Waals surface area (Å²) in [6, 6.07) is -1.14. The van der Waals surface area contributed by atoms with Gasteiger partial charge in [-0.05, 0) is 19.8 Å². The van der Waals surface area contributed by atoms with Crippen LogP contribution in [0.4, 0.5) is 0 Å². The lowest BCUT2D eigenvalue weighted by Crippen LogP contribution is -2.62. The Morgan fingerprint density at radius 2 is 1.70 bits per heavy atom. The van der Waals surface area contributed by atoms with Crippen molar-refractivity contribution in [3.05, 3.63) is 12.2 Å². The average Bonchev–Trinajstić information content (AvgIpc) is 2.50. The number of nitrogens with one attached hydrogen (secondary N) is 3. The number of ether oxygens (including phenoxy) is 1. The van der Waals surface area contributed by atoms with Crippen molar-refractivity contribution in [2.24, 2.45) is 0 Å². The Balaban J connectivity index is 2.33. The fourth-order valence-corrected chi connectivity index (χ4v) is 2.10. The van der Waals surface area contributed by atoms with Gasteiger partial charge in [-0.3, -0.25) is 14.4 Å². The highest BCUT2D eigenvalue weighted by Gasteiger charge is 2.32. The van der Waals surface area contributed by atoms with Crippen LogP contribution in [0.15, 0.2) is 12.2 Å². The molecule has 0 radical (unpaired) electrons. The number of rotatable bonds is 8. The van der Waals surface area contributed by atoms with E-state index >= 15 is 0 Å². The lowest BCUT2D eigenvalue weighted by molar-refractivity contribution is -0.137. The maximum atomic E-state index is 11.9. The lowest BCUT2D eigenvalue weighted by atomic mass is 10.0. The highest BCUT2D eigenvalue weighted by molar-refractivity contribution is 5.97. The molecule has 128 valence electrons. The van der Waals surface area contributed by atoms with Crippen LogP contribution in [0.2, 0.25) is 0 Å². The van der Waals surface area contributed by atoms with Crippen LogP contribution < -0.4 is 16.0 Å². The average molecular weight is 325 g/mol. The van der Waals surface area contributed by atoms with Crippen molar-refractivity contribution in [1.29, 1.82) is 0 Å². The van der Waals surface area contributed by atoms with E-state index in [9.17, 15) is 19.2 Å². The topological polar surface area (TPSA) is 114 Å². The summed E-state index contributed by atoms with van der Waals surface area (Å²) in [5.74, 6) is -1.52. The third-order valence-corrected chi connectivity index (χ3v) is 3.23. The Hall–Kier alpha value is -2.38. The minimum absolute atomic E-state index is 0.197. The number of carbonyl (C=O) groups excluding carboxylic acids is 4. The summed E-state index contributed by atoms with van der Waals surface area (Å²) in [5, 5.41) is 7.85. The first-order chi connectivity index (χ1) is 11.0. The Bertz CT molecular complexity index is 490. The smallest absolute Gasteiger partial charge is 0.330 e. The predicted molar refractivity (Wildman–Crippen MR) is 82.2 cm³/mol. The van der Waals surface area contributed by atoms with E-state index in [1.165, 1.54) is 0 Å². The van der Waals surface area contributed by atoms with E-state index in [4.69, 9.17) is 0 Å². The molecule has 1 aliphatic rings. The zero-order valence-electron chi connectivity index (χ0n) is 13.4. The molecule has 0 aliphatic carbocycles. The standard InChI is InChI=1S/C15H23N3O5/c1-3-5-10-14(21)18-11(15(22)17-10)8-9-16-12(19)6-7-13(20)23-4-2/h6-7,10-11H,3-5,8-9H2,1-2H3,(H,16,19)(H,17,22)(H,18,21)/b7-6+. The van der Waals surface area contributed by atoms with Crippen molar-refractivity contribution in [2.45, 2.75) is 45.2 Å². The summed E-state index contributed by atoms with van der Waals surface area (Å²) in [6.45, 7) is 4.04. The number of esters is 1. The van der Waals surface area contributed by atoms with Gasteiger partial charge in [0.05, 0.1) is 6.61 Å². The van der Waals surface area contributed by atoms with Gasteiger partial charge in [0.1, 0.15) is 12.1 Å². The highest BCUT2D eigenvalue weighted by atomic mass is 16.5. The molecule has 1 fully saturated rings. The summed E-state index contributed by atoms with van der Waals surface area (Å²) in [6.07, 6.45) is 3.76. The SMILES string of the molecule is CCCC1NC(=O)C(CCNC(=O)/C=C/C(=O)OCC)NC1=O. The molecule has 2 unspecified atom stereocenters. The summed E-state index contributed by atoms with van der Waals surface area (Å²) < 4.78 is 4.64. The quantitative estimate of drug-likeness (QED) is 0.407. The van der Waals surface area contributed by atoms with Crippen LogP contribution in [0.5, 0.6) is 0 Å². The molecule has 0 spiro atoms. The summed E-state index contributed by atoms with van der Waals surface area (Å²) >= 11 is 0. The van der Waals surface area contributed by atoms with Crippen LogP contribution in [-0.2, 0) is 23.9 Å². The van der Waals surface area contributed by atoms with Crippen LogP contribution in [0.1, 0.15) is 33.1 Å². The molecule has 3 amide bonds. The fraction of sp³-hybridized carbons (Fsp3) is 0.600. The molecule has 3 N–H and O–H groups in total. The van der Waals surface area contributed by atoms with Gasteiger partial charge in [0.25, 0.3) is 0 Å². The minimum Gasteiger partial charge on any atom is -0.463 e. The van der Waals surface area contributed by atoms with E-state index in [2.05, 4.69) is 20.7 Å². The molecule has 0 aromatic rings. The zero-order valence-corrected chi connectivity index (χ0v) is 13.4. The van der Waals surface area contributed by atoms with Gasteiger partial charge in [0.2, 0.25) is 17.7 Å². The molecule has 0 saturated carbocycles. The van der Waals surface area contributed by atoms with Crippen molar-refractivity contribution < 1.29 is 23.9 Å². The molecular weight excluding hydrogens is 302 g/mol. The monoisotopic (exact) mass is 325 g/mol. The van der Waals surface area contributed by atoms with Gasteiger partial charge in [-0.15, -0.1) is 0 Å². The number of hydrogen-bond acceptors (Lipinski definition) is 5. The minimum atomic E-state index is -0.662. The lowest BCUT2D eigenvalue weighted by Gasteiger charge is -2.29. The van der Waals surface area contributed by atoms with Gasteiger partial charge >= 0.3 is 5.97 Å². The molecule has 1 heterocycles. The Kier molecular flexibility index (Phi) is 7.79. The Morgan fingerprint density at radius 3 is 2.26 bits per heavy atom. The summed E-state index contributed by atoms with van der Waals surface area (Å²) in [7, 11) is 0. The first-order valence-electron chi connectivity index (χ1n) is 7.71. The number of amides is 3. The van der Waals surface area contributed by atoms with E-state index in [1.807, 2.05) is 6.92 Å². The maximum Gasteiger partial charge on any atom is 0.330 e. The molecule has 0 aromatic heterocycles. The zero-order chi connectivity index (χ0) is 17.2. The van der Waals surface area contributed by atoms with Crippen LogP contribution in [0.25, 0.3) is 0 Å². The van der Waals surface area contributed by atoms with Gasteiger partial charge < -0.3 is 20.7 Å². The van der Waals surface area contributed by atoms with E-state index in [0.717, 1.165) is 18.6 Å². The van der Waals surface area contributed by atoms with Crippen LogP contribution in [-0.4, -0.2) is 48.9 Å². The molecule has 1 saturated heterocycles. The number of piperazine rings is 1. The van der Waals surface area contributed by atoms with Gasteiger partial charge in [0.15, 0.2) is 0 Å². The molecule has 1 rings (SSSR count). The molecular formula is C15H23N3O5. The van der Waals surface area contributed by atoms with Crippen LogP contribution >= 0.6 is 0 Å². The largest absolute Gasteiger partial charge is 0.463 e.